The molecule has 1 N–H and O–H groups in total. The molecule has 0 amide bonds. The van der Waals surface area contributed by atoms with Crippen LogP contribution in [0.1, 0.15) is 28.2 Å². The lowest BCUT2D eigenvalue weighted by molar-refractivity contribution is -0.136. The van der Waals surface area contributed by atoms with Crippen molar-refractivity contribution in [3.05, 3.63) is 10.6 Å². The molecule has 70 valence electrons. The van der Waals surface area contributed by atoms with Gasteiger partial charge in [0.25, 0.3) is 0 Å². The maximum atomic E-state index is 11.3. The van der Waals surface area contributed by atoms with Crippen LogP contribution in [0.5, 0.6) is 0 Å². The zero-order valence-corrected chi connectivity index (χ0v) is 7.80. The Hall–Kier alpha value is -1.30. The zero-order valence-electron chi connectivity index (χ0n) is 6.98. The van der Waals surface area contributed by atoms with Gasteiger partial charge in [0.15, 0.2) is 5.78 Å². The summed E-state index contributed by atoms with van der Waals surface area (Å²) in [6, 6.07) is 0. The molecule has 0 aliphatic carbocycles. The van der Waals surface area contributed by atoms with Crippen LogP contribution in [0.4, 0.5) is 0 Å². The van der Waals surface area contributed by atoms with Crippen LogP contribution in [0, 0.1) is 6.92 Å². The maximum absolute atomic E-state index is 11.3. The highest BCUT2D eigenvalue weighted by molar-refractivity contribution is 7.08. The molecule has 0 fully saturated rings. The van der Waals surface area contributed by atoms with Crippen molar-refractivity contribution in [2.45, 2.75) is 19.8 Å². The van der Waals surface area contributed by atoms with Crippen molar-refractivity contribution < 1.29 is 14.7 Å². The second-order valence-electron chi connectivity index (χ2n) is 2.50. The fourth-order valence-corrected chi connectivity index (χ4v) is 1.44. The Morgan fingerprint density at radius 1 is 1.46 bits per heavy atom. The number of nitrogens with zero attached hydrogens (tertiary/aromatic N) is 2. The molecule has 0 saturated heterocycles. The van der Waals surface area contributed by atoms with Gasteiger partial charge in [0.05, 0.1) is 12.1 Å². The Labute approximate surface area is 78.6 Å². The summed E-state index contributed by atoms with van der Waals surface area (Å²) in [6.07, 6.45) is -0.129. The van der Waals surface area contributed by atoms with Gasteiger partial charge in [0.1, 0.15) is 4.88 Å². The van der Waals surface area contributed by atoms with E-state index in [1.165, 1.54) is 0 Å². The molecule has 1 heterocycles. The predicted octanol–water partition coefficient (Wildman–Crippen LogP) is 0.894. The first-order chi connectivity index (χ1) is 6.11. The summed E-state index contributed by atoms with van der Waals surface area (Å²) < 4.78 is 3.59. The van der Waals surface area contributed by atoms with Crippen LogP contribution in [0.15, 0.2) is 0 Å². The molecule has 0 saturated carbocycles. The minimum atomic E-state index is -0.969. The van der Waals surface area contributed by atoms with Crippen molar-refractivity contribution in [1.82, 2.24) is 9.59 Å². The minimum Gasteiger partial charge on any atom is -0.481 e. The molecule has 0 aliphatic heterocycles. The van der Waals surface area contributed by atoms with Gasteiger partial charge in [-0.05, 0) is 18.5 Å². The van der Waals surface area contributed by atoms with E-state index in [1.807, 2.05) is 0 Å². The Morgan fingerprint density at radius 3 is 2.62 bits per heavy atom. The molecule has 0 aromatic carbocycles. The third-order valence-corrected chi connectivity index (χ3v) is 2.34. The molecule has 1 aromatic heterocycles. The molecule has 0 radical (unpaired) electrons. The summed E-state index contributed by atoms with van der Waals surface area (Å²) >= 11 is 1.01. The van der Waals surface area contributed by atoms with Crippen molar-refractivity contribution in [1.29, 1.82) is 0 Å². The standard InChI is InChI=1S/C7H8N2O3S/c1-4-7(13-9-8-4)5(10)2-3-6(11)12/h2-3H2,1H3,(H,11,12). The van der Waals surface area contributed by atoms with Crippen LogP contribution in [0.3, 0.4) is 0 Å². The molecule has 1 aromatic rings. The number of ketones is 1. The van der Waals surface area contributed by atoms with E-state index in [2.05, 4.69) is 9.59 Å². The van der Waals surface area contributed by atoms with Gasteiger partial charge in [-0.15, -0.1) is 5.10 Å². The third-order valence-electron chi connectivity index (χ3n) is 1.47. The molecular formula is C7H8N2O3S. The zero-order chi connectivity index (χ0) is 9.84. The number of carboxylic acids is 1. The van der Waals surface area contributed by atoms with Crippen LogP contribution in [-0.2, 0) is 4.79 Å². The molecule has 0 aliphatic rings. The van der Waals surface area contributed by atoms with Crippen molar-refractivity contribution in [3.63, 3.8) is 0 Å². The summed E-state index contributed by atoms with van der Waals surface area (Å²) in [4.78, 5) is 21.9. The number of aliphatic carboxylic acids is 1. The van der Waals surface area contributed by atoms with Gasteiger partial charge >= 0.3 is 5.97 Å². The van der Waals surface area contributed by atoms with E-state index in [4.69, 9.17) is 5.11 Å². The molecule has 0 atom stereocenters. The van der Waals surface area contributed by atoms with Crippen LogP contribution in [0.25, 0.3) is 0 Å². The van der Waals surface area contributed by atoms with E-state index in [9.17, 15) is 9.59 Å². The molecule has 1 rings (SSSR count). The highest BCUT2D eigenvalue weighted by Gasteiger charge is 2.13. The summed E-state index contributed by atoms with van der Waals surface area (Å²) in [5.41, 5.74) is 0.570. The van der Waals surface area contributed by atoms with E-state index in [0.717, 1.165) is 11.5 Å². The predicted molar refractivity (Wildman–Crippen MR) is 45.8 cm³/mol. The molecule has 0 spiro atoms. The van der Waals surface area contributed by atoms with Gasteiger partial charge < -0.3 is 5.11 Å². The highest BCUT2D eigenvalue weighted by Crippen LogP contribution is 2.12. The van der Waals surface area contributed by atoms with Crippen LogP contribution in [0.2, 0.25) is 0 Å². The van der Waals surface area contributed by atoms with Gasteiger partial charge in [-0.25, -0.2) is 0 Å². The SMILES string of the molecule is Cc1nnsc1C(=O)CCC(=O)O. The normalized spacial score (nSPS) is 9.92. The molecule has 0 unspecified atom stereocenters. The number of carboxylic acid groups (broad SMARTS) is 1. The number of carbonyl (C=O) groups excluding carboxylic acids is 1. The van der Waals surface area contributed by atoms with Gasteiger partial charge in [0.2, 0.25) is 0 Å². The van der Waals surface area contributed by atoms with Gasteiger partial charge in [-0.2, -0.15) is 0 Å². The Morgan fingerprint density at radius 2 is 2.15 bits per heavy atom. The van der Waals surface area contributed by atoms with Crippen molar-refractivity contribution in [2.24, 2.45) is 0 Å². The fraction of sp³-hybridized carbons (Fsp3) is 0.429. The second-order valence-corrected chi connectivity index (χ2v) is 3.26. The van der Waals surface area contributed by atoms with Crippen molar-refractivity contribution in [3.8, 4) is 0 Å². The van der Waals surface area contributed by atoms with E-state index in [1.54, 1.807) is 6.92 Å². The summed E-state index contributed by atoms with van der Waals surface area (Å²) in [7, 11) is 0. The number of Topliss-reactive ketones (excluding diaryl/α,β-unsaturated/α-hetero) is 1. The van der Waals surface area contributed by atoms with Crippen LogP contribution in [-0.4, -0.2) is 26.4 Å². The molecule has 6 heteroatoms. The first-order valence-electron chi connectivity index (χ1n) is 3.65. The summed E-state index contributed by atoms with van der Waals surface area (Å²) in [5.74, 6) is -1.17. The molecule has 13 heavy (non-hydrogen) atoms. The van der Waals surface area contributed by atoms with E-state index < -0.39 is 5.97 Å². The first-order valence-corrected chi connectivity index (χ1v) is 4.42. The number of carbonyl (C=O) groups is 2. The lowest BCUT2D eigenvalue weighted by Gasteiger charge is -1.93. The number of aromatic nitrogens is 2. The number of hydrogen-bond acceptors (Lipinski definition) is 5. The van der Waals surface area contributed by atoms with Gasteiger partial charge in [0, 0.05) is 6.42 Å². The Kier molecular flexibility index (Phi) is 3.07. The fourth-order valence-electron chi connectivity index (χ4n) is 0.821. The average molecular weight is 200 g/mol. The van der Waals surface area contributed by atoms with Crippen LogP contribution < -0.4 is 0 Å². The summed E-state index contributed by atoms with van der Waals surface area (Å²) in [5, 5.41) is 12.0. The maximum Gasteiger partial charge on any atom is 0.303 e. The average Bonchev–Trinajstić information content (AvgIpc) is 2.47. The lowest BCUT2D eigenvalue weighted by Crippen LogP contribution is -2.03. The van der Waals surface area contributed by atoms with E-state index in [-0.39, 0.29) is 18.6 Å². The monoisotopic (exact) mass is 200 g/mol. The lowest BCUT2D eigenvalue weighted by atomic mass is 10.2. The molecular weight excluding hydrogens is 192 g/mol. The van der Waals surface area contributed by atoms with Crippen molar-refractivity contribution >= 4 is 23.3 Å². The largest absolute Gasteiger partial charge is 0.481 e. The summed E-state index contributed by atoms with van der Waals surface area (Å²) in [6.45, 7) is 1.68. The van der Waals surface area contributed by atoms with E-state index >= 15 is 0 Å². The quantitative estimate of drug-likeness (QED) is 0.730. The third kappa shape index (κ3) is 2.59. The van der Waals surface area contributed by atoms with Crippen molar-refractivity contribution in [2.75, 3.05) is 0 Å². The van der Waals surface area contributed by atoms with Crippen LogP contribution >= 0.6 is 11.5 Å². The highest BCUT2D eigenvalue weighted by atomic mass is 32.1. The Bertz CT molecular complexity index is 334. The first kappa shape index (κ1) is 9.79. The number of aryl methyl sites for hydroxylation is 1. The molecule has 5 nitrogen and oxygen atoms in total. The minimum absolute atomic E-state index is 0.0139. The topological polar surface area (TPSA) is 80.2 Å². The smallest absolute Gasteiger partial charge is 0.303 e. The number of hydrogen-bond donors (Lipinski definition) is 1. The van der Waals surface area contributed by atoms with Gasteiger partial charge in [-0.3, -0.25) is 9.59 Å². The molecule has 0 bridgehead atoms. The Balaban J connectivity index is 2.59. The van der Waals surface area contributed by atoms with E-state index in [0.29, 0.717) is 10.6 Å². The number of rotatable bonds is 4. The van der Waals surface area contributed by atoms with Gasteiger partial charge in [-0.1, -0.05) is 4.49 Å². The second kappa shape index (κ2) is 4.08.